The molecule has 0 saturated carbocycles. The van der Waals surface area contributed by atoms with Crippen molar-refractivity contribution in [1.29, 1.82) is 0 Å². The number of halogens is 2. The third kappa shape index (κ3) is 8.20. The van der Waals surface area contributed by atoms with Crippen LogP contribution in [0.1, 0.15) is 0 Å². The molecule has 0 aliphatic heterocycles. The summed E-state index contributed by atoms with van der Waals surface area (Å²) in [6, 6.07) is 0. The van der Waals surface area contributed by atoms with Crippen molar-refractivity contribution < 1.29 is 29.8 Å². The Kier molecular flexibility index (Phi) is 6.46. The van der Waals surface area contributed by atoms with E-state index in [-0.39, 0.29) is 3.91 Å². The first kappa shape index (κ1) is 9.20. The molecule has 3 N–H and O–H groups in total. The normalized spacial score (nSPS) is 11.7. The third-order valence-corrected chi connectivity index (χ3v) is 1.55. The van der Waals surface area contributed by atoms with Crippen LogP contribution in [0, 0.1) is 0 Å². The van der Waals surface area contributed by atoms with E-state index in [1.165, 1.54) is 6.34 Å². The average Bonchev–Trinajstić information content (AvgIpc) is 1.80. The number of amides is 1. The molecule has 9 heavy (non-hydrogen) atoms. The molecule has 0 aromatic carbocycles. The van der Waals surface area contributed by atoms with E-state index in [0.29, 0.717) is 0 Å². The van der Waals surface area contributed by atoms with Crippen LogP contribution in [0.2, 0.25) is 0 Å². The molecule has 52 valence electrons. The van der Waals surface area contributed by atoms with Gasteiger partial charge in [0.1, 0.15) is 0 Å². The first-order valence-electron chi connectivity index (χ1n) is 1.80. The first-order chi connectivity index (χ1) is 4.27. The summed E-state index contributed by atoms with van der Waals surface area (Å²) in [5.41, 5.74) is 4.95. The van der Waals surface area contributed by atoms with Crippen molar-refractivity contribution in [2.75, 3.05) is 0 Å². The minimum absolute atomic E-state index is 0.314. The number of nitrogens with zero attached hydrogens (tertiary/aromatic N) is 2. The van der Waals surface area contributed by atoms with E-state index >= 15 is 0 Å². The van der Waals surface area contributed by atoms with E-state index in [1.807, 2.05) is 0 Å². The number of hydrogen-bond donors (Lipinski definition) is 2. The molecular formula is C2H4I2N4O. The van der Waals surface area contributed by atoms with Crippen LogP contribution in [0.25, 0.3) is 0 Å². The summed E-state index contributed by atoms with van der Waals surface area (Å²) in [6.07, 6.45) is 1.28. The van der Waals surface area contributed by atoms with Crippen LogP contribution in [-0.4, -0.2) is 10.3 Å². The van der Waals surface area contributed by atoms with Gasteiger partial charge in [-0.3, -0.25) is 0 Å². The monoisotopic (exact) mass is 354 g/mol. The molecule has 0 rings (SSSR count). The summed E-state index contributed by atoms with van der Waals surface area (Å²) in [6.45, 7) is 0. The van der Waals surface area contributed by atoms with Gasteiger partial charge >= 0.3 is 76.8 Å². The Labute approximate surface area is 76.3 Å². The van der Waals surface area contributed by atoms with Crippen molar-refractivity contribution >= 4 is 32.8 Å². The molecule has 0 spiro atoms. The Morgan fingerprint density at radius 2 is 2.56 bits per heavy atom. The molecule has 0 aromatic rings. The number of carbonyl (C=O) groups is 1. The van der Waals surface area contributed by atoms with Crippen molar-refractivity contribution in [1.82, 2.24) is 0 Å². The third-order valence-electron chi connectivity index (χ3n) is 0.266. The summed E-state index contributed by atoms with van der Waals surface area (Å²) >= 11 is 0.937. The molecule has 0 bridgehead atoms. The van der Waals surface area contributed by atoms with Crippen LogP contribution in [0.15, 0.2) is 8.44 Å². The van der Waals surface area contributed by atoms with Crippen LogP contribution in [-0.2, 0) is 0 Å². The molecular weight excluding hydrogens is 350 g/mol. The van der Waals surface area contributed by atoms with E-state index in [9.17, 15) is 4.79 Å². The zero-order valence-corrected chi connectivity index (χ0v) is 8.53. The molecule has 0 fully saturated rings. The van der Waals surface area contributed by atoms with E-state index < -0.39 is 21.8 Å². The average molecular weight is 354 g/mol. The topological polar surface area (TPSA) is 81.8 Å². The number of rotatable bonds is 2. The fourth-order valence-electron chi connectivity index (χ4n) is 0.0986. The van der Waals surface area contributed by atoms with Gasteiger partial charge in [-0.25, -0.2) is 0 Å². The van der Waals surface area contributed by atoms with Gasteiger partial charge in [0.25, 0.3) is 0 Å². The van der Waals surface area contributed by atoms with Gasteiger partial charge < -0.3 is 0 Å². The summed E-state index contributed by atoms with van der Waals surface area (Å²) in [5.74, 6) is 0. The Bertz CT molecular complexity index is 144. The predicted molar refractivity (Wildman–Crippen MR) is 35.5 cm³/mol. The van der Waals surface area contributed by atoms with Crippen molar-refractivity contribution in [3.63, 3.8) is 0 Å². The molecule has 7 heteroatoms. The van der Waals surface area contributed by atoms with Crippen molar-refractivity contribution in [2.45, 2.75) is 0 Å². The standard InChI is InChI=1S/C2H4I2N4O/c3-2(9)7-8-4-6-1-5/h1,6H,5H2. The maximum atomic E-state index is 10.1. The zero-order valence-electron chi connectivity index (χ0n) is 4.21. The molecule has 0 aromatic heterocycles. The molecule has 0 unspecified atom stereocenters. The predicted octanol–water partition coefficient (Wildman–Crippen LogP) is -4.02. The maximum absolute atomic E-state index is 10.1. The molecule has 0 aliphatic carbocycles. The summed E-state index contributed by atoms with van der Waals surface area (Å²) in [5, 5.41) is 3.25. The fourth-order valence-corrected chi connectivity index (χ4v) is 1.21. The summed E-state index contributed by atoms with van der Waals surface area (Å²) < 4.78 is 5.85. The minimum atomic E-state index is -0.607. The van der Waals surface area contributed by atoms with Gasteiger partial charge in [0.05, 0.1) is 0 Å². The molecule has 0 heterocycles. The van der Waals surface area contributed by atoms with Gasteiger partial charge in [-0.15, -0.1) is 0 Å². The van der Waals surface area contributed by atoms with Crippen LogP contribution in [0.4, 0.5) is 4.79 Å². The van der Waals surface area contributed by atoms with Gasteiger partial charge in [0, 0.05) is 0 Å². The molecule has 5 nitrogen and oxygen atoms in total. The van der Waals surface area contributed by atoms with Crippen LogP contribution in [0.5, 0.6) is 0 Å². The Morgan fingerprint density at radius 3 is 3.00 bits per heavy atom. The van der Waals surface area contributed by atoms with Gasteiger partial charge in [-0.1, -0.05) is 0 Å². The van der Waals surface area contributed by atoms with Gasteiger partial charge in [0.15, 0.2) is 0 Å². The van der Waals surface area contributed by atoms with Gasteiger partial charge in [0.2, 0.25) is 0 Å². The second-order valence-electron chi connectivity index (χ2n) is 0.789. The fraction of sp³-hybridized carbons (Fsp3) is 0. The number of carbonyl (C=O) groups excluding carboxylic acids is 1. The van der Waals surface area contributed by atoms with E-state index in [2.05, 4.69) is 11.6 Å². The molecule has 0 atom stereocenters. The summed E-state index contributed by atoms with van der Waals surface area (Å²) in [7, 11) is 0. The SMILES string of the molecule is NC=[NH+][I-]N=NC(=O)I. The number of nitrogens with one attached hydrogen (secondary N) is 1. The van der Waals surface area contributed by atoms with E-state index in [4.69, 9.17) is 5.73 Å². The Morgan fingerprint density at radius 1 is 1.89 bits per heavy atom. The van der Waals surface area contributed by atoms with Crippen LogP contribution >= 0.6 is 22.6 Å². The molecule has 0 saturated heterocycles. The zero-order chi connectivity index (χ0) is 7.11. The van der Waals surface area contributed by atoms with Gasteiger partial charge in [-0.05, 0) is 0 Å². The molecule has 1 amide bonds. The number of nitrogens with two attached hydrogens (primary N) is 1. The Hall–Kier alpha value is 0.200. The summed E-state index contributed by atoms with van der Waals surface area (Å²) in [4.78, 5) is 10.1. The van der Waals surface area contributed by atoms with Crippen molar-refractivity contribution in [2.24, 2.45) is 14.2 Å². The second kappa shape index (κ2) is 6.32. The van der Waals surface area contributed by atoms with E-state index in [0.717, 1.165) is 0 Å². The number of hydrogen-bond acceptors (Lipinski definition) is 2. The van der Waals surface area contributed by atoms with Crippen molar-refractivity contribution in [3.8, 4) is 0 Å². The quantitative estimate of drug-likeness (QED) is 0.101. The van der Waals surface area contributed by atoms with Crippen LogP contribution < -0.4 is 30.7 Å². The van der Waals surface area contributed by atoms with Gasteiger partial charge in [-0.2, -0.15) is 0 Å². The second-order valence-corrected chi connectivity index (χ2v) is 3.25. The van der Waals surface area contributed by atoms with E-state index in [1.54, 1.807) is 22.6 Å². The van der Waals surface area contributed by atoms with Crippen molar-refractivity contribution in [3.05, 3.63) is 0 Å². The Balaban J connectivity index is 3.36. The molecule has 0 aliphatic rings. The molecule has 0 radical (unpaired) electrons. The first-order valence-corrected chi connectivity index (χ1v) is 4.92. The van der Waals surface area contributed by atoms with Crippen LogP contribution in [0.3, 0.4) is 0 Å².